The van der Waals surface area contributed by atoms with Crippen LogP contribution in [0.25, 0.3) is 0 Å². The number of nitrogens with one attached hydrogen (secondary N) is 1. The summed E-state index contributed by atoms with van der Waals surface area (Å²) >= 11 is 1.79. The second-order valence-corrected chi connectivity index (χ2v) is 3.84. The third-order valence-corrected chi connectivity index (χ3v) is 2.96. The maximum atomic E-state index is 3.53. The number of thiophene rings is 1. The van der Waals surface area contributed by atoms with E-state index in [-0.39, 0.29) is 12.4 Å². The molecule has 1 aliphatic heterocycles. The molecule has 0 aliphatic carbocycles. The Bertz CT molecular complexity index is 204. The Hall–Kier alpha value is -0.0500. The van der Waals surface area contributed by atoms with E-state index in [0.717, 1.165) is 0 Å². The summed E-state index contributed by atoms with van der Waals surface area (Å²) in [6.07, 6.45) is 4.05. The van der Waals surface area contributed by atoms with Gasteiger partial charge in [0.2, 0.25) is 0 Å². The molecule has 1 unspecified atom stereocenters. The van der Waals surface area contributed by atoms with Gasteiger partial charge in [0, 0.05) is 6.04 Å². The van der Waals surface area contributed by atoms with E-state index < -0.39 is 0 Å². The molecule has 1 aliphatic rings. The minimum Gasteiger partial charge on any atom is -0.310 e. The predicted octanol–water partition coefficient (Wildman–Crippen LogP) is 2.98. The van der Waals surface area contributed by atoms with Gasteiger partial charge in [-0.25, -0.2) is 0 Å². The van der Waals surface area contributed by atoms with Gasteiger partial charge >= 0.3 is 0 Å². The highest BCUT2D eigenvalue weighted by molar-refractivity contribution is 7.07. The van der Waals surface area contributed by atoms with Crippen LogP contribution in [0.15, 0.2) is 16.8 Å². The van der Waals surface area contributed by atoms with E-state index in [1.807, 2.05) is 0 Å². The molecule has 1 fully saturated rings. The van der Waals surface area contributed by atoms with E-state index in [9.17, 15) is 0 Å². The number of halogens is 1. The van der Waals surface area contributed by atoms with Crippen molar-refractivity contribution in [1.82, 2.24) is 5.32 Å². The fraction of sp³-hybridized carbons (Fsp3) is 0.556. The molecule has 3 heteroatoms. The number of hydrogen-bond acceptors (Lipinski definition) is 2. The molecule has 1 atom stereocenters. The molecule has 1 aromatic heterocycles. The first-order valence-corrected chi connectivity index (χ1v) is 5.16. The Morgan fingerprint density at radius 2 is 2.33 bits per heavy atom. The average Bonchev–Trinajstić information content (AvgIpc) is 2.58. The molecule has 1 saturated heterocycles. The van der Waals surface area contributed by atoms with E-state index in [1.165, 1.54) is 31.4 Å². The number of hydrogen-bond donors (Lipinski definition) is 1. The molecular weight excluding hydrogens is 190 g/mol. The van der Waals surface area contributed by atoms with Crippen molar-refractivity contribution in [2.75, 3.05) is 6.54 Å². The van der Waals surface area contributed by atoms with Crippen molar-refractivity contribution in [2.24, 2.45) is 0 Å². The van der Waals surface area contributed by atoms with Gasteiger partial charge in [0.1, 0.15) is 0 Å². The van der Waals surface area contributed by atoms with Gasteiger partial charge in [-0.15, -0.1) is 12.4 Å². The predicted molar refractivity (Wildman–Crippen MR) is 56.2 cm³/mol. The summed E-state index contributed by atoms with van der Waals surface area (Å²) in [5, 5.41) is 7.94. The molecule has 1 nitrogen and oxygen atoms in total. The van der Waals surface area contributed by atoms with E-state index in [4.69, 9.17) is 0 Å². The lowest BCUT2D eigenvalue weighted by molar-refractivity contribution is 0.413. The van der Waals surface area contributed by atoms with E-state index >= 15 is 0 Å². The van der Waals surface area contributed by atoms with Crippen molar-refractivity contribution < 1.29 is 0 Å². The Labute approximate surface area is 83.6 Å². The highest BCUT2D eigenvalue weighted by Crippen LogP contribution is 2.24. The second kappa shape index (κ2) is 4.85. The Morgan fingerprint density at radius 1 is 1.42 bits per heavy atom. The molecule has 0 aromatic carbocycles. The summed E-state index contributed by atoms with van der Waals surface area (Å²) in [5.41, 5.74) is 1.48. The van der Waals surface area contributed by atoms with Gasteiger partial charge in [-0.3, -0.25) is 0 Å². The molecule has 12 heavy (non-hydrogen) atoms. The van der Waals surface area contributed by atoms with Gasteiger partial charge in [-0.2, -0.15) is 11.3 Å². The highest BCUT2D eigenvalue weighted by Gasteiger charge is 2.13. The first-order valence-electron chi connectivity index (χ1n) is 4.22. The van der Waals surface area contributed by atoms with Crippen LogP contribution in [0.2, 0.25) is 0 Å². The minimum absolute atomic E-state index is 0. The standard InChI is InChI=1S/C9H13NS.ClH/c1-2-5-10-9(3-1)8-4-6-11-7-8;/h4,6-7,9-10H,1-3,5H2;1H. The molecule has 1 N–H and O–H groups in total. The van der Waals surface area contributed by atoms with E-state index in [0.29, 0.717) is 6.04 Å². The molecule has 0 amide bonds. The Balaban J connectivity index is 0.000000720. The average molecular weight is 204 g/mol. The summed E-state index contributed by atoms with van der Waals surface area (Å²) in [7, 11) is 0. The highest BCUT2D eigenvalue weighted by atomic mass is 35.5. The lowest BCUT2D eigenvalue weighted by Gasteiger charge is -2.22. The monoisotopic (exact) mass is 203 g/mol. The van der Waals surface area contributed by atoms with Crippen LogP contribution in [-0.4, -0.2) is 6.54 Å². The van der Waals surface area contributed by atoms with Gasteiger partial charge in [-0.1, -0.05) is 6.42 Å². The zero-order chi connectivity index (χ0) is 7.52. The van der Waals surface area contributed by atoms with Crippen molar-refractivity contribution in [3.8, 4) is 0 Å². The zero-order valence-corrected chi connectivity index (χ0v) is 8.59. The maximum absolute atomic E-state index is 3.53. The van der Waals surface area contributed by atoms with Crippen molar-refractivity contribution in [3.05, 3.63) is 22.4 Å². The first-order chi connectivity index (χ1) is 5.47. The quantitative estimate of drug-likeness (QED) is 0.740. The third-order valence-electron chi connectivity index (χ3n) is 2.26. The van der Waals surface area contributed by atoms with Crippen molar-refractivity contribution in [2.45, 2.75) is 25.3 Å². The molecule has 2 heterocycles. The SMILES string of the molecule is Cl.c1cc(C2CCCCN2)cs1. The number of piperidine rings is 1. The molecule has 0 bridgehead atoms. The topological polar surface area (TPSA) is 12.0 Å². The fourth-order valence-corrected chi connectivity index (χ4v) is 2.32. The van der Waals surface area contributed by atoms with Crippen LogP contribution in [0, 0.1) is 0 Å². The van der Waals surface area contributed by atoms with Crippen LogP contribution in [-0.2, 0) is 0 Å². The molecule has 2 rings (SSSR count). The molecule has 68 valence electrons. The number of rotatable bonds is 1. The molecule has 0 saturated carbocycles. The van der Waals surface area contributed by atoms with Crippen molar-refractivity contribution in [3.63, 3.8) is 0 Å². The molecular formula is C9H14ClNS. The third kappa shape index (κ3) is 2.22. The molecule has 1 aromatic rings. The van der Waals surface area contributed by atoms with Crippen LogP contribution in [0.3, 0.4) is 0 Å². The van der Waals surface area contributed by atoms with Crippen molar-refractivity contribution in [1.29, 1.82) is 0 Å². The summed E-state index contributed by atoms with van der Waals surface area (Å²) in [6, 6.07) is 2.88. The summed E-state index contributed by atoms with van der Waals surface area (Å²) < 4.78 is 0. The van der Waals surface area contributed by atoms with Crippen LogP contribution in [0.4, 0.5) is 0 Å². The van der Waals surface area contributed by atoms with Gasteiger partial charge < -0.3 is 5.32 Å². The smallest absolute Gasteiger partial charge is 0.0328 e. The minimum atomic E-state index is 0. The Kier molecular flexibility index (Phi) is 4.06. The zero-order valence-electron chi connectivity index (χ0n) is 6.95. The van der Waals surface area contributed by atoms with Crippen LogP contribution in [0.1, 0.15) is 30.9 Å². The maximum Gasteiger partial charge on any atom is 0.0328 e. The van der Waals surface area contributed by atoms with E-state index in [2.05, 4.69) is 22.1 Å². The van der Waals surface area contributed by atoms with Crippen LogP contribution >= 0.6 is 23.7 Å². The fourth-order valence-electron chi connectivity index (χ4n) is 1.61. The van der Waals surface area contributed by atoms with Crippen LogP contribution in [0.5, 0.6) is 0 Å². The van der Waals surface area contributed by atoms with Gasteiger partial charge in [0.15, 0.2) is 0 Å². The normalized spacial score (nSPS) is 23.2. The van der Waals surface area contributed by atoms with Crippen molar-refractivity contribution >= 4 is 23.7 Å². The lowest BCUT2D eigenvalue weighted by atomic mass is 10.0. The van der Waals surface area contributed by atoms with Gasteiger partial charge in [0.25, 0.3) is 0 Å². The van der Waals surface area contributed by atoms with Gasteiger partial charge in [-0.05, 0) is 41.8 Å². The van der Waals surface area contributed by atoms with Gasteiger partial charge in [0.05, 0.1) is 0 Å². The summed E-state index contributed by atoms with van der Waals surface area (Å²) in [6.45, 7) is 1.19. The summed E-state index contributed by atoms with van der Waals surface area (Å²) in [5.74, 6) is 0. The van der Waals surface area contributed by atoms with Crippen LogP contribution < -0.4 is 5.32 Å². The first kappa shape index (κ1) is 10.0. The second-order valence-electron chi connectivity index (χ2n) is 3.06. The Morgan fingerprint density at radius 3 is 2.92 bits per heavy atom. The molecule has 0 radical (unpaired) electrons. The molecule has 0 spiro atoms. The lowest BCUT2D eigenvalue weighted by Crippen LogP contribution is -2.26. The largest absolute Gasteiger partial charge is 0.310 e. The van der Waals surface area contributed by atoms with E-state index in [1.54, 1.807) is 11.3 Å². The summed E-state index contributed by atoms with van der Waals surface area (Å²) in [4.78, 5) is 0.